The number of carboxylic acid groups (broad SMARTS) is 1. The molecule has 2 aromatic rings. The number of methoxy groups -OCH3 is 1. The third-order valence-corrected chi connectivity index (χ3v) is 7.37. The van der Waals surface area contributed by atoms with E-state index in [-0.39, 0.29) is 18.0 Å². The summed E-state index contributed by atoms with van der Waals surface area (Å²) in [6.45, 7) is 7.44. The molecular weight excluding hydrogens is 435 g/mol. The zero-order valence-corrected chi connectivity index (χ0v) is 20.3. The fourth-order valence-electron chi connectivity index (χ4n) is 5.40. The van der Waals surface area contributed by atoms with Crippen molar-refractivity contribution in [3.05, 3.63) is 52.8 Å². The molecule has 2 aromatic carbocycles. The van der Waals surface area contributed by atoms with E-state index >= 15 is 0 Å². The van der Waals surface area contributed by atoms with Gasteiger partial charge in [0.05, 0.1) is 13.7 Å². The van der Waals surface area contributed by atoms with Gasteiger partial charge in [-0.25, -0.2) is 4.39 Å². The molecule has 2 aliphatic heterocycles. The van der Waals surface area contributed by atoms with Crippen LogP contribution in [-0.2, 0) is 4.79 Å². The van der Waals surface area contributed by atoms with Crippen molar-refractivity contribution in [2.45, 2.75) is 58.0 Å². The number of ether oxygens (including phenoxy) is 2. The molecule has 0 aromatic heterocycles. The van der Waals surface area contributed by atoms with E-state index in [9.17, 15) is 9.18 Å². The number of hydrogen-bond donors (Lipinski definition) is 1. The zero-order chi connectivity index (χ0) is 24.2. The number of benzene rings is 2. The highest BCUT2D eigenvalue weighted by Crippen LogP contribution is 2.40. The molecule has 0 spiro atoms. The van der Waals surface area contributed by atoms with Crippen LogP contribution in [-0.4, -0.2) is 55.4 Å². The van der Waals surface area contributed by atoms with Gasteiger partial charge in [-0.1, -0.05) is 6.07 Å². The third kappa shape index (κ3) is 5.14. The Morgan fingerprint density at radius 1 is 1.12 bits per heavy atom. The molecule has 0 radical (unpaired) electrons. The minimum Gasteiger partial charge on any atom is -0.494 e. The Hall–Kier alpha value is -2.80. The van der Waals surface area contributed by atoms with E-state index in [2.05, 4.69) is 29.7 Å². The summed E-state index contributed by atoms with van der Waals surface area (Å²) in [6, 6.07) is 10.2. The van der Waals surface area contributed by atoms with E-state index in [1.165, 1.54) is 30.7 Å². The van der Waals surface area contributed by atoms with E-state index in [0.29, 0.717) is 25.1 Å². The second kappa shape index (κ2) is 10.6. The van der Waals surface area contributed by atoms with Gasteiger partial charge < -0.3 is 19.5 Å². The van der Waals surface area contributed by atoms with Crippen molar-refractivity contribution in [3.8, 4) is 11.5 Å². The number of piperidine rings is 1. The molecule has 2 atom stereocenters. The van der Waals surface area contributed by atoms with Crippen LogP contribution in [0.1, 0.15) is 54.8 Å². The summed E-state index contributed by atoms with van der Waals surface area (Å²) < 4.78 is 24.9. The topological polar surface area (TPSA) is 62.2 Å². The van der Waals surface area contributed by atoms with Gasteiger partial charge in [0.15, 0.2) is 11.6 Å². The number of anilines is 1. The van der Waals surface area contributed by atoms with Gasteiger partial charge in [-0.15, -0.1) is 0 Å². The predicted octanol–water partition coefficient (Wildman–Crippen LogP) is 5.11. The molecule has 0 unspecified atom stereocenters. The van der Waals surface area contributed by atoms with Gasteiger partial charge in [-0.2, -0.15) is 0 Å². The summed E-state index contributed by atoms with van der Waals surface area (Å²) in [5.41, 5.74) is 4.76. The summed E-state index contributed by atoms with van der Waals surface area (Å²) in [5.74, 6) is 0.00651. The van der Waals surface area contributed by atoms with Crippen LogP contribution in [0.25, 0.3) is 0 Å². The lowest BCUT2D eigenvalue weighted by atomic mass is 9.86. The van der Waals surface area contributed by atoms with E-state index < -0.39 is 5.97 Å². The average molecular weight is 471 g/mol. The van der Waals surface area contributed by atoms with Crippen molar-refractivity contribution >= 4 is 11.7 Å². The summed E-state index contributed by atoms with van der Waals surface area (Å²) in [4.78, 5) is 15.7. The molecule has 2 aliphatic rings. The Morgan fingerprint density at radius 3 is 2.71 bits per heavy atom. The van der Waals surface area contributed by atoms with Crippen LogP contribution >= 0.6 is 0 Å². The Labute approximate surface area is 201 Å². The number of halogens is 1. The fourth-order valence-corrected chi connectivity index (χ4v) is 5.40. The van der Waals surface area contributed by atoms with Crippen molar-refractivity contribution < 1.29 is 23.8 Å². The third-order valence-electron chi connectivity index (χ3n) is 7.37. The quantitative estimate of drug-likeness (QED) is 0.541. The highest BCUT2D eigenvalue weighted by molar-refractivity contribution is 5.66. The number of carbonyl (C=O) groups is 1. The van der Waals surface area contributed by atoms with Gasteiger partial charge in [0.2, 0.25) is 0 Å². The van der Waals surface area contributed by atoms with Crippen LogP contribution in [0.3, 0.4) is 0 Å². The zero-order valence-electron chi connectivity index (χ0n) is 20.3. The largest absolute Gasteiger partial charge is 0.494 e. The standard InChI is InChI=1S/C27H35FN2O4/c1-18-19(2)25(34-15-5-8-27(31)32)12-10-22(18)24-7-4-6-21-17-29(13-14-30(21)24)20-9-11-23(28)26(16-20)33-3/h9-12,16,21,24H,4-8,13-15,17H2,1-3H3,(H,31,32)/t21-,24+/m0/s1. The molecule has 1 N–H and O–H groups in total. The summed E-state index contributed by atoms with van der Waals surface area (Å²) in [5, 5.41) is 8.82. The lowest BCUT2D eigenvalue weighted by Crippen LogP contribution is -2.56. The number of hydrogen-bond acceptors (Lipinski definition) is 5. The number of aliphatic carboxylic acids is 1. The number of nitrogens with zero attached hydrogens (tertiary/aromatic N) is 2. The molecule has 0 bridgehead atoms. The van der Waals surface area contributed by atoms with Crippen molar-refractivity contribution in [3.63, 3.8) is 0 Å². The molecule has 0 saturated carbocycles. The summed E-state index contributed by atoms with van der Waals surface area (Å²) >= 11 is 0. The lowest BCUT2D eigenvalue weighted by Gasteiger charge is -2.49. The molecular formula is C27H35FN2O4. The van der Waals surface area contributed by atoms with Crippen LogP contribution in [0, 0.1) is 19.7 Å². The Bertz CT molecular complexity index is 1030. The highest BCUT2D eigenvalue weighted by Gasteiger charge is 2.36. The number of carboxylic acids is 1. The van der Waals surface area contributed by atoms with Gasteiger partial charge >= 0.3 is 5.97 Å². The van der Waals surface area contributed by atoms with Crippen LogP contribution in [0.15, 0.2) is 30.3 Å². The normalized spacial score (nSPS) is 20.6. The van der Waals surface area contributed by atoms with Crippen molar-refractivity contribution in [2.75, 3.05) is 38.3 Å². The van der Waals surface area contributed by atoms with Crippen LogP contribution in [0.4, 0.5) is 10.1 Å². The molecule has 2 heterocycles. The highest BCUT2D eigenvalue weighted by atomic mass is 19.1. The summed E-state index contributed by atoms with van der Waals surface area (Å²) in [7, 11) is 1.50. The van der Waals surface area contributed by atoms with Gasteiger partial charge in [-0.05, 0) is 74.4 Å². The van der Waals surface area contributed by atoms with Gasteiger partial charge in [0.1, 0.15) is 5.75 Å². The molecule has 7 heteroatoms. The predicted molar refractivity (Wildman–Crippen MR) is 131 cm³/mol. The SMILES string of the molecule is COc1cc(N2CCN3[C@@H](CCC[C@@H]3c3ccc(OCCCC(=O)O)c(C)c3C)C2)ccc1F. The van der Waals surface area contributed by atoms with Gasteiger partial charge in [0.25, 0.3) is 0 Å². The van der Waals surface area contributed by atoms with Gasteiger partial charge in [-0.3, -0.25) is 9.69 Å². The first-order valence-electron chi connectivity index (χ1n) is 12.2. The molecule has 0 amide bonds. The minimum atomic E-state index is -0.794. The molecule has 0 aliphatic carbocycles. The van der Waals surface area contributed by atoms with Gasteiger partial charge in [0, 0.05) is 49.9 Å². The Balaban J connectivity index is 1.46. The second-order valence-corrected chi connectivity index (χ2v) is 9.35. The average Bonchev–Trinajstić information content (AvgIpc) is 2.84. The van der Waals surface area contributed by atoms with Crippen LogP contribution in [0.2, 0.25) is 0 Å². The summed E-state index contributed by atoms with van der Waals surface area (Å²) in [6.07, 6.45) is 4.10. The van der Waals surface area contributed by atoms with Crippen LogP contribution in [0.5, 0.6) is 11.5 Å². The Kier molecular flexibility index (Phi) is 7.61. The van der Waals surface area contributed by atoms with Crippen molar-refractivity contribution in [2.24, 2.45) is 0 Å². The van der Waals surface area contributed by atoms with Crippen molar-refractivity contribution in [1.82, 2.24) is 4.90 Å². The second-order valence-electron chi connectivity index (χ2n) is 9.35. The van der Waals surface area contributed by atoms with E-state index in [0.717, 1.165) is 49.5 Å². The number of fused-ring (bicyclic) bond motifs is 1. The first-order valence-corrected chi connectivity index (χ1v) is 12.2. The maximum Gasteiger partial charge on any atom is 0.303 e. The molecule has 2 fully saturated rings. The maximum absolute atomic E-state index is 13.9. The molecule has 2 saturated heterocycles. The lowest BCUT2D eigenvalue weighted by molar-refractivity contribution is -0.137. The fraction of sp³-hybridized carbons (Fsp3) is 0.519. The molecule has 4 rings (SSSR count). The van der Waals surface area contributed by atoms with Crippen molar-refractivity contribution in [1.29, 1.82) is 0 Å². The first-order chi connectivity index (χ1) is 16.4. The monoisotopic (exact) mass is 470 g/mol. The number of piperazine rings is 1. The van der Waals surface area contributed by atoms with E-state index in [1.807, 2.05) is 12.1 Å². The molecule has 34 heavy (non-hydrogen) atoms. The number of rotatable bonds is 8. The van der Waals surface area contributed by atoms with Crippen LogP contribution < -0.4 is 14.4 Å². The van der Waals surface area contributed by atoms with E-state index in [4.69, 9.17) is 14.6 Å². The Morgan fingerprint density at radius 2 is 1.94 bits per heavy atom. The smallest absolute Gasteiger partial charge is 0.303 e. The minimum absolute atomic E-state index is 0.121. The molecule has 6 nitrogen and oxygen atoms in total. The van der Waals surface area contributed by atoms with E-state index in [1.54, 1.807) is 6.07 Å². The first kappa shape index (κ1) is 24.3. The maximum atomic E-state index is 13.9. The molecule has 184 valence electrons.